The van der Waals surface area contributed by atoms with Crippen molar-refractivity contribution in [1.82, 2.24) is 4.57 Å². The van der Waals surface area contributed by atoms with E-state index in [0.29, 0.717) is 0 Å². The number of hydrogen-bond donors (Lipinski definition) is 0. The molecule has 0 aliphatic carbocycles. The largest absolute Gasteiger partial charge is 0.330 e. The minimum atomic E-state index is -0.186. The Balaban J connectivity index is 2.85. The molecule has 0 N–H and O–H groups in total. The second-order valence-electron chi connectivity index (χ2n) is 3.73. The van der Waals surface area contributed by atoms with E-state index < -0.39 is 0 Å². The number of rotatable bonds is 2. The van der Waals surface area contributed by atoms with Gasteiger partial charge in [0, 0.05) is 0 Å². The highest BCUT2D eigenvalue weighted by Gasteiger charge is 1.97. The van der Waals surface area contributed by atoms with E-state index in [0.717, 1.165) is 0 Å². The van der Waals surface area contributed by atoms with Crippen LogP contribution in [0, 0.1) is 13.8 Å². The molecule has 0 heterocycles. The van der Waals surface area contributed by atoms with Crippen LogP contribution in [0.25, 0.3) is 0 Å². The lowest BCUT2D eigenvalue weighted by Gasteiger charge is -2.10. The number of hydrogen-bond acceptors (Lipinski definition) is 1. The summed E-state index contributed by atoms with van der Waals surface area (Å²) in [7, 11) is 4.13. The average Bonchev–Trinajstić information content (AvgIpc) is 1.81. The predicted octanol–water partition coefficient (Wildman–Crippen LogP) is 0.574. The highest BCUT2D eigenvalue weighted by Crippen LogP contribution is 1.99. The molecular formula is C10H17NSi. The third-order valence-electron chi connectivity index (χ3n) is 1.78. The highest BCUT2D eigenvalue weighted by molar-refractivity contribution is 6.50. The Labute approximate surface area is 77.3 Å². The molecule has 12 heavy (non-hydrogen) atoms. The summed E-state index contributed by atoms with van der Waals surface area (Å²) in [5.41, 5.74) is 2.78. The minimum absolute atomic E-state index is 0.186. The molecule has 1 aromatic carbocycles. The Kier molecular flexibility index (Phi) is 3.06. The monoisotopic (exact) mass is 179 g/mol. The van der Waals surface area contributed by atoms with Crippen LogP contribution in [0.3, 0.4) is 0 Å². The van der Waals surface area contributed by atoms with Crippen LogP contribution in [0.2, 0.25) is 0 Å². The SMILES string of the molecule is Cc1cc(C)cc([SiH2]N(C)C)c1. The van der Waals surface area contributed by atoms with Crippen LogP contribution in [-0.2, 0) is 0 Å². The fourth-order valence-electron chi connectivity index (χ4n) is 1.53. The topological polar surface area (TPSA) is 3.24 Å². The molecule has 0 unspecified atom stereocenters. The zero-order valence-corrected chi connectivity index (χ0v) is 9.80. The Morgan fingerprint density at radius 1 is 1.00 bits per heavy atom. The van der Waals surface area contributed by atoms with E-state index in [1.807, 2.05) is 0 Å². The minimum Gasteiger partial charge on any atom is -0.330 e. The van der Waals surface area contributed by atoms with Gasteiger partial charge in [0.05, 0.1) is 0 Å². The van der Waals surface area contributed by atoms with Gasteiger partial charge >= 0.3 is 0 Å². The van der Waals surface area contributed by atoms with Crippen LogP contribution in [0.4, 0.5) is 0 Å². The van der Waals surface area contributed by atoms with Crippen LogP contribution >= 0.6 is 0 Å². The maximum Gasteiger partial charge on any atom is 0.126 e. The molecule has 0 aromatic heterocycles. The van der Waals surface area contributed by atoms with Crippen molar-refractivity contribution in [3.63, 3.8) is 0 Å². The molecule has 66 valence electrons. The first-order valence-electron chi connectivity index (χ1n) is 4.30. The normalized spacial score (nSPS) is 11.8. The predicted molar refractivity (Wildman–Crippen MR) is 57.8 cm³/mol. The van der Waals surface area contributed by atoms with Crippen LogP contribution in [0.5, 0.6) is 0 Å². The molecule has 0 bridgehead atoms. The first-order chi connectivity index (χ1) is 5.58. The summed E-state index contributed by atoms with van der Waals surface area (Å²) in [6.07, 6.45) is 0. The molecule has 0 fully saturated rings. The summed E-state index contributed by atoms with van der Waals surface area (Å²) in [4.78, 5) is 0. The van der Waals surface area contributed by atoms with E-state index in [2.05, 4.69) is 50.7 Å². The zero-order chi connectivity index (χ0) is 9.14. The maximum absolute atomic E-state index is 2.33. The summed E-state index contributed by atoms with van der Waals surface area (Å²) in [6.45, 7) is 4.33. The average molecular weight is 179 g/mol. The lowest BCUT2D eigenvalue weighted by molar-refractivity contribution is 0.669. The van der Waals surface area contributed by atoms with E-state index in [4.69, 9.17) is 0 Å². The Hall–Kier alpha value is -0.603. The molecule has 0 saturated carbocycles. The molecule has 2 heteroatoms. The lowest BCUT2D eigenvalue weighted by Crippen LogP contribution is -2.29. The molecule has 1 rings (SSSR count). The highest BCUT2D eigenvalue weighted by atomic mass is 28.2. The molecule has 0 amide bonds. The van der Waals surface area contributed by atoms with Gasteiger partial charge in [-0.1, -0.05) is 29.3 Å². The van der Waals surface area contributed by atoms with Gasteiger partial charge in [0.15, 0.2) is 0 Å². The van der Waals surface area contributed by atoms with E-state index in [-0.39, 0.29) is 9.68 Å². The van der Waals surface area contributed by atoms with Crippen molar-refractivity contribution in [3.05, 3.63) is 29.3 Å². The van der Waals surface area contributed by atoms with Crippen LogP contribution in [0.1, 0.15) is 11.1 Å². The first kappa shape index (κ1) is 9.48. The van der Waals surface area contributed by atoms with E-state index in [9.17, 15) is 0 Å². The lowest BCUT2D eigenvalue weighted by atomic mass is 10.2. The van der Waals surface area contributed by atoms with Gasteiger partial charge in [0.25, 0.3) is 0 Å². The quantitative estimate of drug-likeness (QED) is 0.600. The van der Waals surface area contributed by atoms with Crippen molar-refractivity contribution in [2.45, 2.75) is 13.8 Å². The van der Waals surface area contributed by atoms with Gasteiger partial charge in [-0.25, -0.2) is 0 Å². The fraction of sp³-hybridized carbons (Fsp3) is 0.400. The zero-order valence-electron chi connectivity index (χ0n) is 8.39. The van der Waals surface area contributed by atoms with Crippen molar-refractivity contribution in [1.29, 1.82) is 0 Å². The number of nitrogens with zero attached hydrogens (tertiary/aromatic N) is 1. The van der Waals surface area contributed by atoms with Gasteiger partial charge in [-0.2, -0.15) is 0 Å². The van der Waals surface area contributed by atoms with Crippen molar-refractivity contribution in [2.24, 2.45) is 0 Å². The van der Waals surface area contributed by atoms with Crippen molar-refractivity contribution in [3.8, 4) is 0 Å². The summed E-state index contributed by atoms with van der Waals surface area (Å²) in [6, 6.07) is 6.84. The van der Waals surface area contributed by atoms with Gasteiger partial charge in [-0.15, -0.1) is 0 Å². The third kappa shape index (κ3) is 2.79. The maximum atomic E-state index is 2.33. The van der Waals surface area contributed by atoms with Gasteiger partial charge in [-0.3, -0.25) is 0 Å². The standard InChI is InChI=1S/C10H17NSi/c1-8-5-9(2)7-10(6-8)12-11(3)4/h5-7H,12H2,1-4H3. The van der Waals surface area contributed by atoms with E-state index in [1.54, 1.807) is 0 Å². The van der Waals surface area contributed by atoms with Crippen molar-refractivity contribution < 1.29 is 0 Å². The second kappa shape index (κ2) is 3.87. The Bertz CT molecular complexity index is 248. The van der Waals surface area contributed by atoms with Crippen LogP contribution in [-0.4, -0.2) is 28.3 Å². The number of aryl methyl sites for hydroxylation is 2. The summed E-state index contributed by atoms with van der Waals surface area (Å²) < 4.78 is 2.33. The molecule has 0 saturated heterocycles. The van der Waals surface area contributed by atoms with E-state index >= 15 is 0 Å². The fourth-order valence-corrected chi connectivity index (χ4v) is 3.08. The second-order valence-corrected chi connectivity index (χ2v) is 6.13. The van der Waals surface area contributed by atoms with Gasteiger partial charge in [0.1, 0.15) is 9.68 Å². The van der Waals surface area contributed by atoms with E-state index in [1.165, 1.54) is 16.3 Å². The van der Waals surface area contributed by atoms with Gasteiger partial charge in [-0.05, 0) is 33.1 Å². The summed E-state index contributed by atoms with van der Waals surface area (Å²) in [5, 5.41) is 1.54. The number of benzene rings is 1. The van der Waals surface area contributed by atoms with Gasteiger partial charge < -0.3 is 4.57 Å². The molecule has 0 spiro atoms. The van der Waals surface area contributed by atoms with Crippen molar-refractivity contribution >= 4 is 14.9 Å². The summed E-state index contributed by atoms with van der Waals surface area (Å²) >= 11 is 0. The van der Waals surface area contributed by atoms with Crippen LogP contribution < -0.4 is 5.19 Å². The molecular weight excluding hydrogens is 162 g/mol. The smallest absolute Gasteiger partial charge is 0.126 e. The molecule has 1 aromatic rings. The van der Waals surface area contributed by atoms with Gasteiger partial charge in [0.2, 0.25) is 0 Å². The molecule has 0 radical (unpaired) electrons. The summed E-state index contributed by atoms with van der Waals surface area (Å²) in [5.74, 6) is 0. The van der Waals surface area contributed by atoms with Crippen molar-refractivity contribution in [2.75, 3.05) is 14.1 Å². The Morgan fingerprint density at radius 3 is 1.92 bits per heavy atom. The first-order valence-corrected chi connectivity index (χ1v) is 5.64. The molecule has 1 nitrogen and oxygen atoms in total. The molecule has 0 atom stereocenters. The van der Waals surface area contributed by atoms with Crippen LogP contribution in [0.15, 0.2) is 18.2 Å². The molecule has 0 aliphatic rings. The molecule has 0 aliphatic heterocycles. The third-order valence-corrected chi connectivity index (χ3v) is 3.19. The Morgan fingerprint density at radius 2 is 1.50 bits per heavy atom.